The minimum Gasteiger partial charge on any atom is -0.354 e. The van der Waals surface area contributed by atoms with Crippen LogP contribution in [-0.2, 0) is 4.79 Å². The van der Waals surface area contributed by atoms with E-state index in [9.17, 15) is 4.79 Å². The molecule has 1 amide bonds. The smallest absolute Gasteiger partial charge is 0.234 e. The molecule has 2 saturated heterocycles. The van der Waals surface area contributed by atoms with E-state index < -0.39 is 0 Å². The van der Waals surface area contributed by atoms with Gasteiger partial charge in [-0.25, -0.2) is 0 Å². The van der Waals surface area contributed by atoms with Gasteiger partial charge in [-0.3, -0.25) is 4.79 Å². The number of carbonyl (C=O) groups is 1. The van der Waals surface area contributed by atoms with Crippen LogP contribution >= 0.6 is 0 Å². The predicted octanol–water partition coefficient (Wildman–Crippen LogP) is -1.72. The summed E-state index contributed by atoms with van der Waals surface area (Å²) >= 11 is 0. The second-order valence-electron chi connectivity index (χ2n) is 3.38. The summed E-state index contributed by atoms with van der Waals surface area (Å²) in [5.74, 6) is 0.103. The lowest BCUT2D eigenvalue weighted by Gasteiger charge is -2.11. The van der Waals surface area contributed by atoms with Gasteiger partial charge in [-0.2, -0.15) is 0 Å². The number of rotatable bonds is 0. The highest BCUT2D eigenvalue weighted by Gasteiger charge is 2.02. The number of hydrogen-bond donors (Lipinski definition) is 4. The molecule has 2 fully saturated rings. The van der Waals surface area contributed by atoms with E-state index >= 15 is 0 Å². The van der Waals surface area contributed by atoms with Crippen LogP contribution in [-0.4, -0.2) is 51.7 Å². The average molecular weight is 200 g/mol. The van der Waals surface area contributed by atoms with Crippen LogP contribution in [0.4, 0.5) is 0 Å². The highest BCUT2D eigenvalue weighted by molar-refractivity contribution is 5.78. The minimum atomic E-state index is 0.103. The van der Waals surface area contributed by atoms with E-state index in [1.54, 1.807) is 0 Å². The third-order valence-electron chi connectivity index (χ3n) is 2.10. The quantitative estimate of drug-likeness (QED) is 0.375. The molecular formula is C9H20N4O. The van der Waals surface area contributed by atoms with Crippen molar-refractivity contribution in [1.82, 2.24) is 21.3 Å². The van der Waals surface area contributed by atoms with Crippen molar-refractivity contribution in [3.8, 4) is 0 Å². The molecule has 0 aromatic carbocycles. The van der Waals surface area contributed by atoms with Crippen molar-refractivity contribution in [3.63, 3.8) is 0 Å². The van der Waals surface area contributed by atoms with E-state index in [0.29, 0.717) is 6.54 Å². The van der Waals surface area contributed by atoms with Crippen LogP contribution in [0.25, 0.3) is 0 Å². The molecule has 82 valence electrons. The summed E-state index contributed by atoms with van der Waals surface area (Å²) in [4.78, 5) is 10.3. The first-order chi connectivity index (χ1) is 6.89. The zero-order valence-electron chi connectivity index (χ0n) is 8.57. The number of hydrogen-bond acceptors (Lipinski definition) is 4. The Morgan fingerprint density at radius 1 is 0.786 bits per heavy atom. The molecule has 0 radical (unpaired) electrons. The van der Waals surface area contributed by atoms with Crippen molar-refractivity contribution in [1.29, 1.82) is 0 Å². The standard InChI is InChI=1S/C5H12N2.C4H8N2O/c1-2-6-4-5-7-3-1;7-4-3-5-1-2-6-4/h6-7H,1-5H2;5H,1-3H2,(H,6,7). The van der Waals surface area contributed by atoms with Gasteiger partial charge in [0.25, 0.3) is 0 Å². The molecular weight excluding hydrogens is 180 g/mol. The van der Waals surface area contributed by atoms with Gasteiger partial charge in [0, 0.05) is 26.2 Å². The molecule has 0 aliphatic carbocycles. The zero-order chi connectivity index (χ0) is 10.1. The molecule has 4 N–H and O–H groups in total. The predicted molar refractivity (Wildman–Crippen MR) is 56.2 cm³/mol. The maximum absolute atomic E-state index is 10.3. The van der Waals surface area contributed by atoms with E-state index in [2.05, 4.69) is 21.3 Å². The highest BCUT2D eigenvalue weighted by Crippen LogP contribution is 1.75. The molecule has 0 saturated carbocycles. The SMILES string of the molecule is C1CNCCNC1.O=C1CNCCN1. The third-order valence-corrected chi connectivity index (χ3v) is 2.10. The summed E-state index contributed by atoms with van der Waals surface area (Å²) in [5.41, 5.74) is 0. The first-order valence-electron chi connectivity index (χ1n) is 5.28. The molecule has 5 heteroatoms. The Bertz CT molecular complexity index is 135. The van der Waals surface area contributed by atoms with Crippen LogP contribution in [0.5, 0.6) is 0 Å². The Morgan fingerprint density at radius 3 is 1.86 bits per heavy atom. The Balaban J connectivity index is 0.000000140. The van der Waals surface area contributed by atoms with E-state index in [4.69, 9.17) is 0 Å². The second-order valence-corrected chi connectivity index (χ2v) is 3.38. The van der Waals surface area contributed by atoms with Crippen molar-refractivity contribution in [2.45, 2.75) is 6.42 Å². The monoisotopic (exact) mass is 200 g/mol. The number of carbonyl (C=O) groups excluding carboxylic acids is 1. The number of piperazine rings is 1. The summed E-state index contributed by atoms with van der Waals surface area (Å²) in [5, 5.41) is 12.2. The molecule has 14 heavy (non-hydrogen) atoms. The number of amides is 1. The van der Waals surface area contributed by atoms with Crippen molar-refractivity contribution in [2.75, 3.05) is 45.8 Å². The normalized spacial score (nSPS) is 22.7. The van der Waals surface area contributed by atoms with Gasteiger partial charge in [0.2, 0.25) is 5.91 Å². The average Bonchev–Trinajstić information content (AvgIpc) is 2.51. The van der Waals surface area contributed by atoms with E-state index in [-0.39, 0.29) is 5.91 Å². The van der Waals surface area contributed by atoms with Crippen LogP contribution in [0.2, 0.25) is 0 Å². The fourth-order valence-electron chi connectivity index (χ4n) is 1.32. The molecule has 0 atom stereocenters. The molecule has 5 nitrogen and oxygen atoms in total. The number of nitrogens with one attached hydrogen (secondary N) is 4. The summed E-state index contributed by atoms with van der Waals surface area (Å²) in [6, 6.07) is 0. The maximum Gasteiger partial charge on any atom is 0.234 e. The van der Waals surface area contributed by atoms with Crippen LogP contribution in [0.15, 0.2) is 0 Å². The molecule has 0 aromatic rings. The van der Waals surface area contributed by atoms with Gasteiger partial charge >= 0.3 is 0 Å². The molecule has 0 spiro atoms. The maximum atomic E-state index is 10.3. The Hall–Kier alpha value is -0.650. The molecule has 2 heterocycles. The van der Waals surface area contributed by atoms with Gasteiger partial charge < -0.3 is 21.3 Å². The van der Waals surface area contributed by atoms with Crippen LogP contribution in [0, 0.1) is 0 Å². The van der Waals surface area contributed by atoms with Gasteiger partial charge in [0.15, 0.2) is 0 Å². The van der Waals surface area contributed by atoms with Gasteiger partial charge in [-0.15, -0.1) is 0 Å². The van der Waals surface area contributed by atoms with Crippen molar-refractivity contribution in [2.24, 2.45) is 0 Å². The summed E-state index contributed by atoms with van der Waals surface area (Å²) in [7, 11) is 0. The first kappa shape index (κ1) is 11.4. The van der Waals surface area contributed by atoms with E-state index in [1.165, 1.54) is 19.5 Å². The van der Waals surface area contributed by atoms with Crippen molar-refractivity contribution >= 4 is 5.91 Å². The molecule has 0 unspecified atom stereocenters. The van der Waals surface area contributed by atoms with Crippen molar-refractivity contribution < 1.29 is 4.79 Å². The molecule has 0 bridgehead atoms. The molecule has 2 aliphatic rings. The lowest BCUT2D eigenvalue weighted by Crippen LogP contribution is -2.44. The Morgan fingerprint density at radius 2 is 1.43 bits per heavy atom. The van der Waals surface area contributed by atoms with Crippen LogP contribution in [0.1, 0.15) is 6.42 Å². The fraction of sp³-hybridized carbons (Fsp3) is 0.889. The summed E-state index contributed by atoms with van der Waals surface area (Å²) in [6.07, 6.45) is 1.28. The molecule has 0 aromatic heterocycles. The molecule has 2 rings (SSSR count). The third kappa shape index (κ3) is 5.90. The van der Waals surface area contributed by atoms with Gasteiger partial charge in [0.05, 0.1) is 6.54 Å². The van der Waals surface area contributed by atoms with E-state index in [0.717, 1.165) is 26.2 Å². The van der Waals surface area contributed by atoms with E-state index in [1.807, 2.05) is 0 Å². The molecule has 2 aliphatic heterocycles. The Kier molecular flexibility index (Phi) is 6.30. The van der Waals surface area contributed by atoms with Crippen LogP contribution < -0.4 is 21.3 Å². The zero-order valence-corrected chi connectivity index (χ0v) is 8.57. The fourth-order valence-corrected chi connectivity index (χ4v) is 1.32. The highest BCUT2D eigenvalue weighted by atomic mass is 16.2. The first-order valence-corrected chi connectivity index (χ1v) is 5.28. The lowest BCUT2D eigenvalue weighted by molar-refractivity contribution is -0.121. The van der Waals surface area contributed by atoms with Crippen molar-refractivity contribution in [3.05, 3.63) is 0 Å². The van der Waals surface area contributed by atoms with Crippen LogP contribution in [0.3, 0.4) is 0 Å². The minimum absolute atomic E-state index is 0.103. The second kappa shape index (κ2) is 7.73. The lowest BCUT2D eigenvalue weighted by atomic mass is 10.4. The van der Waals surface area contributed by atoms with Gasteiger partial charge in [0.1, 0.15) is 0 Å². The Labute approximate surface area is 85.0 Å². The topological polar surface area (TPSA) is 65.2 Å². The van der Waals surface area contributed by atoms with Gasteiger partial charge in [-0.1, -0.05) is 0 Å². The largest absolute Gasteiger partial charge is 0.354 e. The van der Waals surface area contributed by atoms with Gasteiger partial charge in [-0.05, 0) is 19.5 Å². The summed E-state index contributed by atoms with van der Waals surface area (Å²) in [6.45, 7) is 6.82. The summed E-state index contributed by atoms with van der Waals surface area (Å²) < 4.78 is 0.